The van der Waals surface area contributed by atoms with Crippen LogP contribution in [0.25, 0.3) is 10.6 Å². The minimum Gasteiger partial charge on any atom is -0.351 e. The average Bonchev–Trinajstić information content (AvgIpc) is 3.17. The number of rotatable bonds is 5. The molecule has 2 heterocycles. The molecule has 2 aromatic rings. The van der Waals surface area contributed by atoms with Gasteiger partial charge >= 0.3 is 0 Å². The van der Waals surface area contributed by atoms with Crippen LogP contribution in [0, 0.1) is 12.8 Å². The molecule has 0 saturated carbocycles. The van der Waals surface area contributed by atoms with Crippen LogP contribution in [-0.4, -0.2) is 30.5 Å². The maximum atomic E-state index is 12.3. The zero-order chi connectivity index (χ0) is 15.4. The molecule has 3 rings (SSSR count). The SMILES string of the molecule is Cc1nc(-c2ccccc2)sc1C(=O)NCCC1CCNC1.Cl.Cl. The molecule has 4 nitrogen and oxygen atoms in total. The molecule has 0 aliphatic carbocycles. The van der Waals surface area contributed by atoms with Crippen LogP contribution in [0.2, 0.25) is 0 Å². The summed E-state index contributed by atoms with van der Waals surface area (Å²) in [6.07, 6.45) is 2.26. The second-order valence-electron chi connectivity index (χ2n) is 5.70. The topological polar surface area (TPSA) is 54.0 Å². The molecular formula is C17H23Cl2N3OS. The van der Waals surface area contributed by atoms with Crippen LogP contribution in [0.3, 0.4) is 0 Å². The van der Waals surface area contributed by atoms with Gasteiger partial charge in [-0.3, -0.25) is 4.79 Å². The van der Waals surface area contributed by atoms with Crippen LogP contribution in [0.4, 0.5) is 0 Å². The molecule has 2 N–H and O–H groups in total. The fourth-order valence-electron chi connectivity index (χ4n) is 2.74. The Labute approximate surface area is 159 Å². The van der Waals surface area contributed by atoms with Gasteiger partial charge in [0.05, 0.1) is 5.69 Å². The fraction of sp³-hybridized carbons (Fsp3) is 0.412. The highest BCUT2D eigenvalue weighted by atomic mass is 35.5. The lowest BCUT2D eigenvalue weighted by Gasteiger charge is -2.08. The largest absolute Gasteiger partial charge is 0.351 e. The van der Waals surface area contributed by atoms with Crippen molar-refractivity contribution in [2.75, 3.05) is 19.6 Å². The lowest BCUT2D eigenvalue weighted by Crippen LogP contribution is -2.26. The van der Waals surface area contributed by atoms with Crippen LogP contribution in [0.5, 0.6) is 0 Å². The molecule has 7 heteroatoms. The van der Waals surface area contributed by atoms with E-state index < -0.39 is 0 Å². The van der Waals surface area contributed by atoms with Crippen molar-refractivity contribution in [2.45, 2.75) is 19.8 Å². The lowest BCUT2D eigenvalue weighted by atomic mass is 10.1. The van der Waals surface area contributed by atoms with Gasteiger partial charge < -0.3 is 10.6 Å². The molecule has 24 heavy (non-hydrogen) atoms. The molecule has 1 atom stereocenters. The quantitative estimate of drug-likeness (QED) is 0.822. The van der Waals surface area contributed by atoms with Crippen LogP contribution in [-0.2, 0) is 0 Å². The first-order valence-corrected chi connectivity index (χ1v) is 8.57. The molecule has 1 amide bonds. The smallest absolute Gasteiger partial charge is 0.263 e. The molecule has 1 aromatic carbocycles. The Hall–Kier alpha value is -1.14. The number of benzene rings is 1. The zero-order valence-corrected chi connectivity index (χ0v) is 16.0. The Morgan fingerprint density at radius 1 is 1.33 bits per heavy atom. The van der Waals surface area contributed by atoms with Gasteiger partial charge in [-0.1, -0.05) is 30.3 Å². The summed E-state index contributed by atoms with van der Waals surface area (Å²) >= 11 is 1.47. The molecule has 1 saturated heterocycles. The van der Waals surface area contributed by atoms with Gasteiger partial charge in [-0.2, -0.15) is 0 Å². The fourth-order valence-corrected chi connectivity index (χ4v) is 3.73. The maximum absolute atomic E-state index is 12.3. The number of hydrogen-bond donors (Lipinski definition) is 2. The standard InChI is InChI=1S/C17H21N3OS.2ClH/c1-12-15(16(21)19-10-8-13-7-9-18-11-13)22-17(20-12)14-5-3-2-4-6-14;;/h2-6,13,18H,7-11H2,1H3,(H,19,21);2*1H. The van der Waals surface area contributed by atoms with Gasteiger partial charge in [0.1, 0.15) is 9.88 Å². The summed E-state index contributed by atoms with van der Waals surface area (Å²) in [5, 5.41) is 7.29. The normalized spacial score (nSPS) is 16.1. The summed E-state index contributed by atoms with van der Waals surface area (Å²) in [6.45, 7) is 4.82. The molecule has 0 radical (unpaired) electrons. The number of aromatic nitrogens is 1. The number of carbonyl (C=O) groups is 1. The second kappa shape index (κ2) is 9.99. The summed E-state index contributed by atoms with van der Waals surface area (Å²) in [5.41, 5.74) is 1.87. The Bertz CT molecular complexity index is 643. The number of nitrogens with zero attached hydrogens (tertiary/aromatic N) is 1. The van der Waals surface area contributed by atoms with E-state index in [0.29, 0.717) is 5.92 Å². The van der Waals surface area contributed by atoms with Gasteiger partial charge in [0.25, 0.3) is 5.91 Å². The number of carbonyl (C=O) groups excluding carboxylic acids is 1. The molecule has 0 bridgehead atoms. The summed E-state index contributed by atoms with van der Waals surface area (Å²) in [7, 11) is 0. The number of halogens is 2. The highest BCUT2D eigenvalue weighted by molar-refractivity contribution is 7.17. The van der Waals surface area contributed by atoms with Crippen molar-refractivity contribution in [1.29, 1.82) is 0 Å². The van der Waals surface area contributed by atoms with Gasteiger partial charge in [-0.15, -0.1) is 36.2 Å². The summed E-state index contributed by atoms with van der Waals surface area (Å²) in [6, 6.07) is 10.00. The first-order chi connectivity index (χ1) is 10.7. The molecule has 1 aliphatic heterocycles. The molecule has 1 unspecified atom stereocenters. The molecule has 1 aliphatic rings. The van der Waals surface area contributed by atoms with Crippen molar-refractivity contribution >= 4 is 42.1 Å². The molecule has 1 fully saturated rings. The third-order valence-electron chi connectivity index (χ3n) is 4.02. The number of nitrogens with one attached hydrogen (secondary N) is 2. The van der Waals surface area contributed by atoms with Crippen molar-refractivity contribution in [3.8, 4) is 10.6 Å². The van der Waals surface area contributed by atoms with Crippen LogP contribution < -0.4 is 10.6 Å². The third-order valence-corrected chi connectivity index (χ3v) is 5.23. The summed E-state index contributed by atoms with van der Waals surface area (Å²) < 4.78 is 0. The monoisotopic (exact) mass is 387 g/mol. The van der Waals surface area contributed by atoms with E-state index in [0.717, 1.165) is 47.2 Å². The minimum atomic E-state index is 0. The van der Waals surface area contributed by atoms with E-state index in [1.165, 1.54) is 17.8 Å². The first-order valence-electron chi connectivity index (χ1n) is 7.76. The number of thiazole rings is 1. The van der Waals surface area contributed by atoms with Gasteiger partial charge in [-0.25, -0.2) is 4.98 Å². The van der Waals surface area contributed by atoms with Crippen LogP contribution >= 0.6 is 36.2 Å². The van der Waals surface area contributed by atoms with E-state index in [9.17, 15) is 4.79 Å². The van der Waals surface area contributed by atoms with Crippen LogP contribution in [0.15, 0.2) is 30.3 Å². The van der Waals surface area contributed by atoms with E-state index in [1.54, 1.807) is 0 Å². The van der Waals surface area contributed by atoms with Crippen molar-refractivity contribution in [3.63, 3.8) is 0 Å². The summed E-state index contributed by atoms with van der Waals surface area (Å²) in [5.74, 6) is 0.700. The highest BCUT2D eigenvalue weighted by Crippen LogP contribution is 2.27. The highest BCUT2D eigenvalue weighted by Gasteiger charge is 2.17. The predicted octanol–water partition coefficient (Wildman–Crippen LogP) is 3.69. The third kappa shape index (κ3) is 5.18. The summed E-state index contributed by atoms with van der Waals surface area (Å²) in [4.78, 5) is 17.6. The molecule has 132 valence electrons. The second-order valence-corrected chi connectivity index (χ2v) is 6.70. The van der Waals surface area contributed by atoms with Crippen LogP contribution in [0.1, 0.15) is 28.2 Å². The Kier molecular flexibility index (Phi) is 8.70. The van der Waals surface area contributed by atoms with Crippen molar-refractivity contribution in [3.05, 3.63) is 40.9 Å². The minimum absolute atomic E-state index is 0. The van der Waals surface area contributed by atoms with Gasteiger partial charge in [0, 0.05) is 12.1 Å². The van der Waals surface area contributed by atoms with Gasteiger partial charge in [-0.05, 0) is 38.8 Å². The molecule has 1 aromatic heterocycles. The van der Waals surface area contributed by atoms with Crippen molar-refractivity contribution in [1.82, 2.24) is 15.6 Å². The average molecular weight is 388 g/mol. The van der Waals surface area contributed by atoms with E-state index >= 15 is 0 Å². The van der Waals surface area contributed by atoms with Crippen molar-refractivity contribution < 1.29 is 4.79 Å². The lowest BCUT2D eigenvalue weighted by molar-refractivity contribution is 0.0955. The van der Waals surface area contributed by atoms with Crippen molar-refractivity contribution in [2.24, 2.45) is 5.92 Å². The number of hydrogen-bond acceptors (Lipinski definition) is 4. The molecule has 0 spiro atoms. The first kappa shape index (κ1) is 20.9. The predicted molar refractivity (Wildman–Crippen MR) is 105 cm³/mol. The number of amides is 1. The van der Waals surface area contributed by atoms with Gasteiger partial charge in [0.15, 0.2) is 0 Å². The van der Waals surface area contributed by atoms with E-state index in [4.69, 9.17) is 0 Å². The van der Waals surface area contributed by atoms with Gasteiger partial charge in [0.2, 0.25) is 0 Å². The van der Waals surface area contributed by atoms with E-state index in [-0.39, 0.29) is 30.7 Å². The Balaban J connectivity index is 0.00000144. The zero-order valence-electron chi connectivity index (χ0n) is 13.6. The van der Waals surface area contributed by atoms with E-state index in [1.807, 2.05) is 37.3 Å². The Morgan fingerprint density at radius 3 is 2.75 bits per heavy atom. The Morgan fingerprint density at radius 2 is 2.08 bits per heavy atom. The molecular weight excluding hydrogens is 365 g/mol. The van der Waals surface area contributed by atoms with E-state index in [2.05, 4.69) is 15.6 Å². The maximum Gasteiger partial charge on any atom is 0.263 e. The number of aryl methyl sites for hydroxylation is 1.